The highest BCUT2D eigenvalue weighted by atomic mass is 35.5. The molecule has 6 heteroatoms. The highest BCUT2D eigenvalue weighted by Crippen LogP contribution is 2.32. The van der Waals surface area contributed by atoms with Crippen molar-refractivity contribution in [3.63, 3.8) is 0 Å². The normalized spacial score (nSPS) is 13.8. The molecule has 118 valence electrons. The molecule has 0 saturated carbocycles. The molecule has 23 heavy (non-hydrogen) atoms. The molecule has 3 rings (SSSR count). The number of rotatable bonds is 2. The molecule has 5 nitrogen and oxygen atoms in total. The van der Waals surface area contributed by atoms with Gasteiger partial charge in [-0.25, -0.2) is 0 Å². The molecule has 0 unspecified atom stereocenters. The molecule has 2 amide bonds. The predicted octanol–water partition coefficient (Wildman–Crippen LogP) is 3.34. The topological polar surface area (TPSA) is 58.6 Å². The number of carbonyl (C=O) groups excluding carboxylic acids is 2. The van der Waals surface area contributed by atoms with E-state index in [2.05, 4.69) is 5.32 Å². The summed E-state index contributed by atoms with van der Waals surface area (Å²) < 4.78 is 5.55. The molecule has 0 fully saturated rings. The third-order valence-electron chi connectivity index (χ3n) is 3.65. The first-order valence-electron chi connectivity index (χ1n) is 7.15. The van der Waals surface area contributed by atoms with Crippen LogP contribution < -0.4 is 15.0 Å². The zero-order valence-electron chi connectivity index (χ0n) is 12.5. The number of nitrogens with zero attached hydrogens (tertiary/aromatic N) is 1. The lowest BCUT2D eigenvalue weighted by atomic mass is 10.1. The van der Waals surface area contributed by atoms with Gasteiger partial charge in [0.25, 0.3) is 5.91 Å². The van der Waals surface area contributed by atoms with E-state index in [1.165, 1.54) is 4.90 Å². The Morgan fingerprint density at radius 3 is 2.83 bits per heavy atom. The number of benzene rings is 2. The van der Waals surface area contributed by atoms with Crippen LogP contribution in [0.15, 0.2) is 42.5 Å². The summed E-state index contributed by atoms with van der Waals surface area (Å²) in [6.07, 6.45) is 0.312. The predicted molar refractivity (Wildman–Crippen MR) is 89.4 cm³/mol. The van der Waals surface area contributed by atoms with E-state index in [0.717, 1.165) is 0 Å². The van der Waals surface area contributed by atoms with Gasteiger partial charge in [0.15, 0.2) is 0 Å². The lowest BCUT2D eigenvalue weighted by molar-refractivity contribution is -0.118. The SMILES string of the molecule is CN1C(=O)CCOc2ccc(C(=O)Nc3ccccc3Cl)cc21. The lowest BCUT2D eigenvalue weighted by Gasteiger charge is -2.17. The Labute approximate surface area is 138 Å². The molecule has 1 aliphatic rings. The molecule has 1 aliphatic heterocycles. The van der Waals surface area contributed by atoms with Gasteiger partial charge in [-0.1, -0.05) is 23.7 Å². The molecule has 0 bridgehead atoms. The van der Waals surface area contributed by atoms with Crippen LogP contribution in [0.3, 0.4) is 0 Å². The first kappa shape index (κ1) is 15.4. The van der Waals surface area contributed by atoms with Gasteiger partial charge in [0.2, 0.25) is 5.91 Å². The van der Waals surface area contributed by atoms with Crippen molar-refractivity contribution in [3.8, 4) is 5.75 Å². The molecule has 0 aromatic heterocycles. The van der Waals surface area contributed by atoms with Crippen LogP contribution in [0.25, 0.3) is 0 Å². The fraction of sp³-hybridized carbons (Fsp3) is 0.176. The van der Waals surface area contributed by atoms with Gasteiger partial charge in [0.05, 0.1) is 29.4 Å². The van der Waals surface area contributed by atoms with Crippen molar-refractivity contribution >= 4 is 34.8 Å². The van der Waals surface area contributed by atoms with Crippen LogP contribution in [-0.4, -0.2) is 25.5 Å². The van der Waals surface area contributed by atoms with Crippen molar-refractivity contribution in [2.45, 2.75) is 6.42 Å². The van der Waals surface area contributed by atoms with Gasteiger partial charge in [-0.2, -0.15) is 0 Å². The number of carbonyl (C=O) groups is 2. The largest absolute Gasteiger partial charge is 0.491 e. The Bertz CT molecular complexity index is 776. The summed E-state index contributed by atoms with van der Waals surface area (Å²) in [6, 6.07) is 12.0. The van der Waals surface area contributed by atoms with Crippen LogP contribution in [0, 0.1) is 0 Å². The number of fused-ring (bicyclic) bond motifs is 1. The molecule has 0 aliphatic carbocycles. The Hall–Kier alpha value is -2.53. The number of ether oxygens (including phenoxy) is 1. The maximum absolute atomic E-state index is 12.4. The van der Waals surface area contributed by atoms with E-state index in [4.69, 9.17) is 16.3 Å². The molecule has 0 saturated heterocycles. The lowest BCUT2D eigenvalue weighted by Crippen LogP contribution is -2.25. The first-order valence-corrected chi connectivity index (χ1v) is 7.53. The Balaban J connectivity index is 1.89. The second-order valence-corrected chi connectivity index (χ2v) is 5.57. The summed E-state index contributed by atoms with van der Waals surface area (Å²) in [5, 5.41) is 3.22. The van der Waals surface area contributed by atoms with Crippen molar-refractivity contribution in [3.05, 3.63) is 53.1 Å². The van der Waals surface area contributed by atoms with E-state index in [9.17, 15) is 9.59 Å². The Kier molecular flexibility index (Phi) is 4.21. The Morgan fingerprint density at radius 2 is 2.04 bits per heavy atom. The minimum Gasteiger partial charge on any atom is -0.491 e. The first-order chi connectivity index (χ1) is 11.1. The second-order valence-electron chi connectivity index (χ2n) is 5.17. The molecule has 0 spiro atoms. The second kappa shape index (κ2) is 6.30. The number of para-hydroxylation sites is 1. The van der Waals surface area contributed by atoms with Crippen LogP contribution >= 0.6 is 11.6 Å². The van der Waals surface area contributed by atoms with E-state index in [0.29, 0.717) is 40.7 Å². The molecule has 0 atom stereocenters. The monoisotopic (exact) mass is 330 g/mol. The van der Waals surface area contributed by atoms with Gasteiger partial charge in [-0.15, -0.1) is 0 Å². The number of nitrogens with one attached hydrogen (secondary N) is 1. The molecular formula is C17H15ClN2O3. The number of halogens is 1. The van der Waals surface area contributed by atoms with Gasteiger partial charge in [0.1, 0.15) is 5.75 Å². The maximum Gasteiger partial charge on any atom is 0.255 e. The van der Waals surface area contributed by atoms with E-state index >= 15 is 0 Å². The number of hydrogen-bond donors (Lipinski definition) is 1. The van der Waals surface area contributed by atoms with Gasteiger partial charge in [-0.05, 0) is 30.3 Å². The fourth-order valence-corrected chi connectivity index (χ4v) is 2.53. The van der Waals surface area contributed by atoms with Crippen LogP contribution in [-0.2, 0) is 4.79 Å². The number of anilines is 2. The Morgan fingerprint density at radius 1 is 1.26 bits per heavy atom. The van der Waals surface area contributed by atoms with Gasteiger partial charge >= 0.3 is 0 Å². The van der Waals surface area contributed by atoms with Gasteiger partial charge in [-0.3, -0.25) is 9.59 Å². The summed E-state index contributed by atoms with van der Waals surface area (Å²) in [5.74, 6) is 0.242. The van der Waals surface area contributed by atoms with E-state index in [1.807, 2.05) is 0 Å². The van der Waals surface area contributed by atoms with Crippen molar-refractivity contribution in [2.75, 3.05) is 23.9 Å². The van der Waals surface area contributed by atoms with Gasteiger partial charge in [0, 0.05) is 12.6 Å². The molecular weight excluding hydrogens is 316 g/mol. The standard InChI is InChI=1S/C17H15ClN2O3/c1-20-14-10-11(6-7-15(14)23-9-8-16(20)21)17(22)19-13-5-3-2-4-12(13)18/h2-7,10H,8-9H2,1H3,(H,19,22). The molecule has 1 N–H and O–H groups in total. The van der Waals surface area contributed by atoms with E-state index in [-0.39, 0.29) is 11.8 Å². The molecule has 2 aromatic carbocycles. The van der Waals surface area contributed by atoms with Crippen molar-refractivity contribution in [1.29, 1.82) is 0 Å². The smallest absolute Gasteiger partial charge is 0.255 e. The summed E-state index contributed by atoms with van der Waals surface area (Å²) in [5.41, 5.74) is 1.54. The zero-order valence-corrected chi connectivity index (χ0v) is 13.3. The molecule has 1 heterocycles. The van der Waals surface area contributed by atoms with Crippen molar-refractivity contribution in [2.24, 2.45) is 0 Å². The molecule has 2 aromatic rings. The number of hydrogen-bond acceptors (Lipinski definition) is 3. The average Bonchev–Trinajstić information content (AvgIpc) is 2.69. The highest BCUT2D eigenvalue weighted by molar-refractivity contribution is 6.33. The van der Waals surface area contributed by atoms with E-state index < -0.39 is 0 Å². The van der Waals surface area contributed by atoms with Gasteiger partial charge < -0.3 is 15.0 Å². The highest BCUT2D eigenvalue weighted by Gasteiger charge is 2.21. The number of amides is 2. The van der Waals surface area contributed by atoms with Crippen molar-refractivity contribution < 1.29 is 14.3 Å². The zero-order chi connectivity index (χ0) is 16.4. The van der Waals surface area contributed by atoms with Crippen molar-refractivity contribution in [1.82, 2.24) is 0 Å². The summed E-state index contributed by atoms with van der Waals surface area (Å²) in [6.45, 7) is 0.335. The molecule has 0 radical (unpaired) electrons. The average molecular weight is 331 g/mol. The quantitative estimate of drug-likeness (QED) is 0.918. The minimum absolute atomic E-state index is 0.0487. The summed E-state index contributed by atoms with van der Waals surface area (Å²) in [7, 11) is 1.67. The maximum atomic E-state index is 12.4. The van der Waals surface area contributed by atoms with Crippen LogP contribution in [0.4, 0.5) is 11.4 Å². The minimum atomic E-state index is -0.300. The third-order valence-corrected chi connectivity index (χ3v) is 3.98. The summed E-state index contributed by atoms with van der Waals surface area (Å²) >= 11 is 6.05. The van der Waals surface area contributed by atoms with Crippen LogP contribution in [0.1, 0.15) is 16.8 Å². The van der Waals surface area contributed by atoms with Crippen LogP contribution in [0.2, 0.25) is 5.02 Å². The third kappa shape index (κ3) is 3.14. The van der Waals surface area contributed by atoms with E-state index in [1.54, 1.807) is 49.5 Å². The van der Waals surface area contributed by atoms with Crippen LogP contribution in [0.5, 0.6) is 5.75 Å². The summed E-state index contributed by atoms with van der Waals surface area (Å²) in [4.78, 5) is 25.8. The fourth-order valence-electron chi connectivity index (χ4n) is 2.35.